The standard InChI is InChI=1S/C15H20N2O4S/c18-15(19)13-9-12(22(20,21)16-10-11-3-4-11)5-6-14(13)17-7-1-2-8-17/h5-6,9,11,16H,1-4,7-8,10H2,(H,18,19). The summed E-state index contributed by atoms with van der Waals surface area (Å²) in [6.07, 6.45) is 4.16. The van der Waals surface area contributed by atoms with Crippen LogP contribution in [0.1, 0.15) is 36.0 Å². The molecule has 0 spiro atoms. The number of carboxylic acid groups (broad SMARTS) is 1. The van der Waals surface area contributed by atoms with E-state index in [1.54, 1.807) is 6.07 Å². The lowest BCUT2D eigenvalue weighted by Crippen LogP contribution is -2.26. The Hall–Kier alpha value is -1.60. The average Bonchev–Trinajstić information content (AvgIpc) is 3.17. The van der Waals surface area contributed by atoms with E-state index in [9.17, 15) is 18.3 Å². The van der Waals surface area contributed by atoms with Crippen molar-refractivity contribution in [3.8, 4) is 0 Å². The molecular weight excluding hydrogens is 304 g/mol. The summed E-state index contributed by atoms with van der Waals surface area (Å²) in [6.45, 7) is 2.05. The van der Waals surface area contributed by atoms with Crippen LogP contribution in [0.4, 0.5) is 5.69 Å². The fourth-order valence-electron chi connectivity index (χ4n) is 2.72. The number of rotatable bonds is 6. The minimum absolute atomic E-state index is 0.0218. The number of aromatic carboxylic acids is 1. The fourth-order valence-corrected chi connectivity index (χ4v) is 3.86. The Morgan fingerprint density at radius 2 is 1.95 bits per heavy atom. The minimum Gasteiger partial charge on any atom is -0.478 e. The first-order chi connectivity index (χ1) is 10.5. The Morgan fingerprint density at radius 1 is 1.27 bits per heavy atom. The Bertz CT molecular complexity index is 677. The van der Waals surface area contributed by atoms with Crippen molar-refractivity contribution >= 4 is 21.7 Å². The Balaban J connectivity index is 1.88. The van der Waals surface area contributed by atoms with E-state index in [2.05, 4.69) is 4.72 Å². The first kappa shape index (κ1) is 15.3. The summed E-state index contributed by atoms with van der Waals surface area (Å²) >= 11 is 0. The zero-order valence-electron chi connectivity index (χ0n) is 12.3. The van der Waals surface area contributed by atoms with Crippen LogP contribution in [0.25, 0.3) is 0 Å². The maximum atomic E-state index is 12.3. The maximum absolute atomic E-state index is 12.3. The SMILES string of the molecule is O=C(O)c1cc(S(=O)(=O)NCC2CC2)ccc1N1CCCC1. The molecule has 0 bridgehead atoms. The van der Waals surface area contributed by atoms with Gasteiger partial charge in [0.25, 0.3) is 0 Å². The molecule has 1 saturated carbocycles. The van der Waals surface area contributed by atoms with Crippen LogP contribution in [-0.2, 0) is 10.0 Å². The number of hydrogen-bond acceptors (Lipinski definition) is 4. The number of carbonyl (C=O) groups is 1. The van der Waals surface area contributed by atoms with Crippen LogP contribution < -0.4 is 9.62 Å². The van der Waals surface area contributed by atoms with Crippen molar-refractivity contribution < 1.29 is 18.3 Å². The van der Waals surface area contributed by atoms with Crippen molar-refractivity contribution in [1.82, 2.24) is 4.72 Å². The molecule has 3 rings (SSSR count). The predicted molar refractivity (Wildman–Crippen MR) is 82.8 cm³/mol. The van der Waals surface area contributed by atoms with Gasteiger partial charge in [-0.25, -0.2) is 17.9 Å². The number of sulfonamides is 1. The highest BCUT2D eigenvalue weighted by atomic mass is 32.2. The molecule has 0 unspecified atom stereocenters. The van der Waals surface area contributed by atoms with Crippen molar-refractivity contribution in [2.45, 2.75) is 30.6 Å². The lowest BCUT2D eigenvalue weighted by molar-refractivity contribution is 0.0697. The lowest BCUT2D eigenvalue weighted by Gasteiger charge is -2.20. The van der Waals surface area contributed by atoms with Gasteiger partial charge in [0.15, 0.2) is 0 Å². The molecule has 0 amide bonds. The number of carboxylic acids is 1. The number of benzene rings is 1. The quantitative estimate of drug-likeness (QED) is 0.831. The zero-order valence-corrected chi connectivity index (χ0v) is 13.1. The Kier molecular flexibility index (Phi) is 4.10. The summed E-state index contributed by atoms with van der Waals surface area (Å²) < 4.78 is 27.1. The predicted octanol–water partition coefficient (Wildman–Crippen LogP) is 1.67. The number of nitrogens with one attached hydrogen (secondary N) is 1. The Morgan fingerprint density at radius 3 is 2.55 bits per heavy atom. The molecule has 0 radical (unpaired) electrons. The zero-order chi connectivity index (χ0) is 15.7. The van der Waals surface area contributed by atoms with Crippen molar-refractivity contribution in [3.05, 3.63) is 23.8 Å². The summed E-state index contributed by atoms with van der Waals surface area (Å²) in [4.78, 5) is 13.5. The molecule has 7 heteroatoms. The summed E-state index contributed by atoms with van der Waals surface area (Å²) in [5, 5.41) is 9.40. The molecule has 2 N–H and O–H groups in total. The molecule has 2 aliphatic rings. The largest absolute Gasteiger partial charge is 0.478 e. The van der Waals surface area contributed by atoms with Gasteiger partial charge in [0.05, 0.1) is 16.1 Å². The summed E-state index contributed by atoms with van der Waals surface area (Å²) in [6, 6.07) is 4.38. The van der Waals surface area contributed by atoms with Crippen LogP contribution in [0.15, 0.2) is 23.1 Å². The second-order valence-electron chi connectivity index (χ2n) is 5.97. The van der Waals surface area contributed by atoms with Crippen LogP contribution in [0.3, 0.4) is 0 Å². The normalized spacial score (nSPS) is 18.6. The second-order valence-corrected chi connectivity index (χ2v) is 7.74. The van der Waals surface area contributed by atoms with Gasteiger partial charge >= 0.3 is 5.97 Å². The third-order valence-electron chi connectivity index (χ3n) is 4.21. The molecule has 1 heterocycles. The van der Waals surface area contributed by atoms with Gasteiger partial charge in [0, 0.05) is 19.6 Å². The molecule has 2 fully saturated rings. The van der Waals surface area contributed by atoms with Gasteiger partial charge in [0.2, 0.25) is 10.0 Å². The van der Waals surface area contributed by atoms with Gasteiger partial charge in [-0.2, -0.15) is 0 Å². The van der Waals surface area contributed by atoms with Crippen molar-refractivity contribution in [2.75, 3.05) is 24.5 Å². The summed E-state index contributed by atoms with van der Waals surface area (Å²) in [5.74, 6) is -0.668. The van der Waals surface area contributed by atoms with E-state index in [1.165, 1.54) is 12.1 Å². The van der Waals surface area contributed by atoms with Gasteiger partial charge in [-0.05, 0) is 49.8 Å². The van der Waals surface area contributed by atoms with Crippen LogP contribution in [0.2, 0.25) is 0 Å². The van der Waals surface area contributed by atoms with E-state index in [1.807, 2.05) is 4.90 Å². The van der Waals surface area contributed by atoms with Gasteiger partial charge in [-0.15, -0.1) is 0 Å². The third-order valence-corrected chi connectivity index (χ3v) is 5.64. The molecule has 0 aromatic heterocycles. The molecule has 0 atom stereocenters. The first-order valence-corrected chi connectivity index (χ1v) is 9.07. The van der Waals surface area contributed by atoms with E-state index in [0.29, 0.717) is 18.2 Å². The van der Waals surface area contributed by atoms with Crippen LogP contribution in [0.5, 0.6) is 0 Å². The summed E-state index contributed by atoms with van der Waals surface area (Å²) in [5.41, 5.74) is 0.655. The van der Waals surface area contributed by atoms with Crippen LogP contribution in [0, 0.1) is 5.92 Å². The van der Waals surface area contributed by atoms with Crippen molar-refractivity contribution in [1.29, 1.82) is 0 Å². The highest BCUT2D eigenvalue weighted by Crippen LogP contribution is 2.29. The number of hydrogen-bond donors (Lipinski definition) is 2. The number of nitrogens with zero attached hydrogens (tertiary/aromatic N) is 1. The van der Waals surface area contributed by atoms with Gasteiger partial charge < -0.3 is 10.0 Å². The molecule has 1 aliphatic carbocycles. The first-order valence-electron chi connectivity index (χ1n) is 7.59. The van der Waals surface area contributed by atoms with Crippen molar-refractivity contribution in [2.24, 2.45) is 5.92 Å². The molecule has 1 saturated heterocycles. The topological polar surface area (TPSA) is 86.7 Å². The highest BCUT2D eigenvalue weighted by molar-refractivity contribution is 7.89. The fraction of sp³-hybridized carbons (Fsp3) is 0.533. The molecular formula is C15H20N2O4S. The molecule has 1 aromatic rings. The van der Waals surface area contributed by atoms with E-state index in [0.717, 1.165) is 38.8 Å². The lowest BCUT2D eigenvalue weighted by atomic mass is 10.1. The van der Waals surface area contributed by atoms with Crippen LogP contribution in [-0.4, -0.2) is 39.1 Å². The smallest absolute Gasteiger partial charge is 0.337 e. The number of anilines is 1. The monoisotopic (exact) mass is 324 g/mol. The summed E-state index contributed by atoms with van der Waals surface area (Å²) in [7, 11) is -3.64. The molecule has 22 heavy (non-hydrogen) atoms. The van der Waals surface area contributed by atoms with Crippen molar-refractivity contribution in [3.63, 3.8) is 0 Å². The highest BCUT2D eigenvalue weighted by Gasteiger charge is 2.26. The van der Waals surface area contributed by atoms with E-state index in [4.69, 9.17) is 0 Å². The minimum atomic E-state index is -3.64. The van der Waals surface area contributed by atoms with Crippen LogP contribution >= 0.6 is 0 Å². The maximum Gasteiger partial charge on any atom is 0.337 e. The molecule has 6 nitrogen and oxygen atoms in total. The third kappa shape index (κ3) is 3.25. The molecule has 1 aromatic carbocycles. The van der Waals surface area contributed by atoms with Gasteiger partial charge in [0.1, 0.15) is 0 Å². The second kappa shape index (κ2) is 5.89. The molecule has 120 valence electrons. The van der Waals surface area contributed by atoms with Gasteiger partial charge in [-0.1, -0.05) is 0 Å². The van der Waals surface area contributed by atoms with E-state index < -0.39 is 16.0 Å². The van der Waals surface area contributed by atoms with Gasteiger partial charge in [-0.3, -0.25) is 0 Å². The van der Waals surface area contributed by atoms with E-state index in [-0.39, 0.29) is 10.5 Å². The van der Waals surface area contributed by atoms with E-state index >= 15 is 0 Å². The average molecular weight is 324 g/mol. The molecule has 1 aliphatic heterocycles. The Labute approximate surface area is 130 Å².